The molecule has 0 unspecified atom stereocenters. The van der Waals surface area contributed by atoms with E-state index in [0.29, 0.717) is 0 Å². The van der Waals surface area contributed by atoms with Crippen molar-refractivity contribution < 1.29 is 14.2 Å². The molecule has 0 radical (unpaired) electrons. The van der Waals surface area contributed by atoms with Crippen molar-refractivity contribution in [1.29, 1.82) is 0 Å². The first kappa shape index (κ1) is 15.2. The number of nitrogens with one attached hydrogen (secondary N) is 1. The molecule has 0 atom stereocenters. The molecular weight excluding hydrogens is 266 g/mol. The highest BCUT2D eigenvalue weighted by atomic mass is 16.5. The number of rotatable bonds is 7. The van der Waals surface area contributed by atoms with E-state index in [9.17, 15) is 0 Å². The molecule has 0 bridgehead atoms. The van der Waals surface area contributed by atoms with Crippen LogP contribution < -0.4 is 19.5 Å². The molecule has 0 aliphatic rings. The minimum atomic E-state index is 0.747. The Labute approximate surface area is 125 Å². The summed E-state index contributed by atoms with van der Waals surface area (Å²) in [4.78, 5) is 0. The van der Waals surface area contributed by atoms with E-state index in [1.807, 2.05) is 30.3 Å². The standard InChI is InChI=1S/C17H21NO3/c1-19-15-7-4-13(5-8-15)11-18-12-14-6-9-16(20-2)17(10-14)21-3/h4-10,18H,11-12H2,1-3H3. The maximum absolute atomic E-state index is 5.30. The summed E-state index contributed by atoms with van der Waals surface area (Å²) in [5, 5.41) is 3.41. The van der Waals surface area contributed by atoms with Crippen molar-refractivity contribution in [2.75, 3.05) is 21.3 Å². The molecule has 0 aliphatic carbocycles. The third kappa shape index (κ3) is 4.13. The quantitative estimate of drug-likeness (QED) is 0.850. The van der Waals surface area contributed by atoms with Gasteiger partial charge in [0.1, 0.15) is 5.75 Å². The summed E-state index contributed by atoms with van der Waals surface area (Å²) >= 11 is 0. The molecule has 112 valence electrons. The van der Waals surface area contributed by atoms with E-state index in [-0.39, 0.29) is 0 Å². The van der Waals surface area contributed by atoms with Crippen LogP contribution in [0, 0.1) is 0 Å². The number of hydrogen-bond donors (Lipinski definition) is 1. The van der Waals surface area contributed by atoms with Crippen LogP contribution >= 0.6 is 0 Å². The average molecular weight is 287 g/mol. The summed E-state index contributed by atoms with van der Waals surface area (Å²) in [6.45, 7) is 1.57. The van der Waals surface area contributed by atoms with E-state index in [0.717, 1.165) is 35.9 Å². The van der Waals surface area contributed by atoms with Gasteiger partial charge in [-0.3, -0.25) is 0 Å². The molecule has 2 aromatic carbocycles. The van der Waals surface area contributed by atoms with Gasteiger partial charge in [0.05, 0.1) is 21.3 Å². The van der Waals surface area contributed by atoms with Gasteiger partial charge in [0.15, 0.2) is 11.5 Å². The molecule has 0 amide bonds. The van der Waals surface area contributed by atoms with Crippen LogP contribution in [-0.4, -0.2) is 21.3 Å². The molecule has 0 saturated heterocycles. The normalized spacial score (nSPS) is 10.2. The van der Waals surface area contributed by atoms with Gasteiger partial charge in [-0.1, -0.05) is 18.2 Å². The maximum Gasteiger partial charge on any atom is 0.161 e. The number of hydrogen-bond acceptors (Lipinski definition) is 4. The van der Waals surface area contributed by atoms with E-state index in [4.69, 9.17) is 14.2 Å². The second kappa shape index (κ2) is 7.55. The van der Waals surface area contributed by atoms with E-state index in [1.54, 1.807) is 21.3 Å². The Kier molecular flexibility index (Phi) is 5.46. The highest BCUT2D eigenvalue weighted by Crippen LogP contribution is 2.27. The molecule has 0 saturated carbocycles. The Hall–Kier alpha value is -2.20. The first-order valence-corrected chi connectivity index (χ1v) is 6.81. The second-order valence-electron chi connectivity index (χ2n) is 4.64. The van der Waals surface area contributed by atoms with E-state index in [2.05, 4.69) is 17.4 Å². The van der Waals surface area contributed by atoms with Gasteiger partial charge in [-0.05, 0) is 35.4 Å². The minimum absolute atomic E-state index is 0.747. The van der Waals surface area contributed by atoms with E-state index in [1.165, 1.54) is 5.56 Å². The van der Waals surface area contributed by atoms with Gasteiger partial charge in [0, 0.05) is 13.1 Å². The Morgan fingerprint density at radius 1 is 0.714 bits per heavy atom. The second-order valence-corrected chi connectivity index (χ2v) is 4.64. The number of ether oxygens (including phenoxy) is 3. The van der Waals surface area contributed by atoms with Crippen LogP contribution in [0.25, 0.3) is 0 Å². The third-order valence-corrected chi connectivity index (χ3v) is 3.27. The molecule has 4 nitrogen and oxygen atoms in total. The van der Waals surface area contributed by atoms with Crippen molar-refractivity contribution >= 4 is 0 Å². The van der Waals surface area contributed by atoms with Crippen molar-refractivity contribution in [3.05, 3.63) is 53.6 Å². The highest BCUT2D eigenvalue weighted by molar-refractivity contribution is 5.42. The van der Waals surface area contributed by atoms with Gasteiger partial charge >= 0.3 is 0 Å². The first-order valence-electron chi connectivity index (χ1n) is 6.81. The topological polar surface area (TPSA) is 39.7 Å². The lowest BCUT2D eigenvalue weighted by molar-refractivity contribution is 0.354. The van der Waals surface area contributed by atoms with Crippen LogP contribution in [0.3, 0.4) is 0 Å². The molecule has 1 N–H and O–H groups in total. The van der Waals surface area contributed by atoms with Gasteiger partial charge in [-0.2, -0.15) is 0 Å². The average Bonchev–Trinajstić information content (AvgIpc) is 2.55. The van der Waals surface area contributed by atoms with E-state index >= 15 is 0 Å². The molecule has 21 heavy (non-hydrogen) atoms. The Bertz CT molecular complexity index is 567. The van der Waals surface area contributed by atoms with Crippen LogP contribution in [-0.2, 0) is 13.1 Å². The fourth-order valence-electron chi connectivity index (χ4n) is 2.09. The Balaban J connectivity index is 1.90. The smallest absolute Gasteiger partial charge is 0.161 e. The molecular formula is C17H21NO3. The largest absolute Gasteiger partial charge is 0.497 e. The first-order chi connectivity index (χ1) is 10.3. The van der Waals surface area contributed by atoms with Gasteiger partial charge in [-0.15, -0.1) is 0 Å². The van der Waals surface area contributed by atoms with Crippen LogP contribution in [0.5, 0.6) is 17.2 Å². The molecule has 0 heterocycles. The molecule has 0 aromatic heterocycles. The summed E-state index contributed by atoms with van der Waals surface area (Å²) in [6.07, 6.45) is 0. The van der Waals surface area contributed by atoms with Crippen LogP contribution in [0.2, 0.25) is 0 Å². The fraction of sp³-hybridized carbons (Fsp3) is 0.294. The SMILES string of the molecule is COc1ccc(CNCc2ccc(OC)c(OC)c2)cc1. The van der Waals surface area contributed by atoms with Crippen LogP contribution in [0.4, 0.5) is 0 Å². The Morgan fingerprint density at radius 2 is 1.33 bits per heavy atom. The lowest BCUT2D eigenvalue weighted by Gasteiger charge is -2.10. The van der Waals surface area contributed by atoms with E-state index < -0.39 is 0 Å². The number of methoxy groups -OCH3 is 3. The van der Waals surface area contributed by atoms with Gasteiger partial charge in [-0.25, -0.2) is 0 Å². The van der Waals surface area contributed by atoms with Crippen LogP contribution in [0.1, 0.15) is 11.1 Å². The Morgan fingerprint density at radius 3 is 1.95 bits per heavy atom. The highest BCUT2D eigenvalue weighted by Gasteiger charge is 2.04. The summed E-state index contributed by atoms with van der Waals surface area (Å²) in [5.74, 6) is 2.37. The van der Waals surface area contributed by atoms with Crippen molar-refractivity contribution in [3.8, 4) is 17.2 Å². The molecule has 4 heteroatoms. The predicted molar refractivity (Wildman–Crippen MR) is 83.1 cm³/mol. The summed E-state index contributed by atoms with van der Waals surface area (Å²) < 4.78 is 15.7. The fourth-order valence-corrected chi connectivity index (χ4v) is 2.09. The summed E-state index contributed by atoms with van der Waals surface area (Å²) in [6, 6.07) is 14.0. The van der Waals surface area contributed by atoms with Gasteiger partial charge in [0.2, 0.25) is 0 Å². The maximum atomic E-state index is 5.30. The zero-order valence-electron chi connectivity index (χ0n) is 12.7. The zero-order valence-corrected chi connectivity index (χ0v) is 12.7. The van der Waals surface area contributed by atoms with Crippen LogP contribution in [0.15, 0.2) is 42.5 Å². The third-order valence-electron chi connectivity index (χ3n) is 3.27. The van der Waals surface area contributed by atoms with Gasteiger partial charge < -0.3 is 19.5 Å². The summed E-state index contributed by atoms with van der Waals surface area (Å²) in [5.41, 5.74) is 2.37. The molecule has 0 aliphatic heterocycles. The lowest BCUT2D eigenvalue weighted by Crippen LogP contribution is -2.12. The van der Waals surface area contributed by atoms with Gasteiger partial charge in [0.25, 0.3) is 0 Å². The van der Waals surface area contributed by atoms with Crippen molar-refractivity contribution in [2.45, 2.75) is 13.1 Å². The molecule has 2 rings (SSSR count). The summed E-state index contributed by atoms with van der Waals surface area (Å²) in [7, 11) is 4.95. The minimum Gasteiger partial charge on any atom is -0.497 e. The van der Waals surface area contributed by atoms with Crippen molar-refractivity contribution in [1.82, 2.24) is 5.32 Å². The monoisotopic (exact) mass is 287 g/mol. The molecule has 0 fully saturated rings. The van der Waals surface area contributed by atoms with Crippen molar-refractivity contribution in [2.24, 2.45) is 0 Å². The lowest BCUT2D eigenvalue weighted by atomic mass is 10.2. The molecule has 2 aromatic rings. The zero-order chi connectivity index (χ0) is 15.1. The molecule has 0 spiro atoms. The predicted octanol–water partition coefficient (Wildman–Crippen LogP) is 3.00. The number of benzene rings is 2. The van der Waals surface area contributed by atoms with Crippen molar-refractivity contribution in [3.63, 3.8) is 0 Å².